The summed E-state index contributed by atoms with van der Waals surface area (Å²) >= 11 is 1.40. The Balaban J connectivity index is 2.01. The second-order valence-corrected chi connectivity index (χ2v) is 7.98. The molecule has 0 aliphatic heterocycles. The van der Waals surface area contributed by atoms with E-state index in [0.717, 1.165) is 18.8 Å². The van der Waals surface area contributed by atoms with Crippen molar-refractivity contribution in [2.45, 2.75) is 58.5 Å². The molecule has 0 radical (unpaired) electrons. The highest BCUT2D eigenvalue weighted by molar-refractivity contribution is 7.12. The van der Waals surface area contributed by atoms with Gasteiger partial charge in [-0.3, -0.25) is 9.59 Å². The number of hydrogen-bond acceptors (Lipinski definition) is 3. The third-order valence-electron chi connectivity index (χ3n) is 4.85. The lowest BCUT2D eigenvalue weighted by Crippen LogP contribution is -2.53. The van der Waals surface area contributed by atoms with Crippen LogP contribution in [0.25, 0.3) is 0 Å². The molecule has 4 nitrogen and oxygen atoms in total. The summed E-state index contributed by atoms with van der Waals surface area (Å²) in [4.78, 5) is 27.7. The molecule has 1 aromatic rings. The van der Waals surface area contributed by atoms with Crippen LogP contribution >= 0.6 is 11.3 Å². The van der Waals surface area contributed by atoms with Crippen molar-refractivity contribution in [1.29, 1.82) is 0 Å². The van der Waals surface area contributed by atoms with Gasteiger partial charge in [-0.2, -0.15) is 0 Å². The van der Waals surface area contributed by atoms with Crippen molar-refractivity contribution in [2.24, 2.45) is 11.8 Å². The molecule has 23 heavy (non-hydrogen) atoms. The molecule has 0 saturated heterocycles. The normalized spacial score (nSPS) is 22.7. The van der Waals surface area contributed by atoms with Crippen molar-refractivity contribution in [3.8, 4) is 0 Å². The molecule has 1 aliphatic carbocycles. The molecule has 1 saturated carbocycles. The summed E-state index contributed by atoms with van der Waals surface area (Å²) in [5, 5.41) is 4.80. The smallest absolute Gasteiger partial charge is 0.262 e. The molecule has 0 bridgehead atoms. The van der Waals surface area contributed by atoms with E-state index in [1.807, 2.05) is 37.2 Å². The van der Waals surface area contributed by atoms with Crippen LogP contribution in [-0.4, -0.2) is 35.8 Å². The first-order valence-corrected chi connectivity index (χ1v) is 9.39. The molecular formula is C18H28N2O2S. The summed E-state index contributed by atoms with van der Waals surface area (Å²) in [6.07, 6.45) is 4.48. The van der Waals surface area contributed by atoms with Gasteiger partial charge >= 0.3 is 0 Å². The van der Waals surface area contributed by atoms with Gasteiger partial charge in [-0.1, -0.05) is 26.8 Å². The lowest BCUT2D eigenvalue weighted by molar-refractivity contribution is -0.135. The first kappa shape index (κ1) is 18.0. The fourth-order valence-corrected chi connectivity index (χ4v) is 3.79. The van der Waals surface area contributed by atoms with Gasteiger partial charge in [-0.15, -0.1) is 11.3 Å². The highest BCUT2D eigenvalue weighted by Crippen LogP contribution is 2.27. The minimum Gasteiger partial charge on any atom is -0.341 e. The van der Waals surface area contributed by atoms with Crippen molar-refractivity contribution < 1.29 is 9.59 Å². The zero-order chi connectivity index (χ0) is 17.0. The molecule has 1 aliphatic rings. The van der Waals surface area contributed by atoms with Crippen LogP contribution in [0.4, 0.5) is 0 Å². The Morgan fingerprint density at radius 3 is 2.43 bits per heavy atom. The highest BCUT2D eigenvalue weighted by Gasteiger charge is 2.32. The lowest BCUT2D eigenvalue weighted by atomic mass is 9.86. The van der Waals surface area contributed by atoms with Gasteiger partial charge in [0, 0.05) is 13.1 Å². The quantitative estimate of drug-likeness (QED) is 0.894. The van der Waals surface area contributed by atoms with Crippen LogP contribution in [0.1, 0.15) is 56.1 Å². The fraction of sp³-hybridized carbons (Fsp3) is 0.667. The van der Waals surface area contributed by atoms with Crippen LogP contribution < -0.4 is 5.32 Å². The van der Waals surface area contributed by atoms with Crippen molar-refractivity contribution in [2.75, 3.05) is 7.05 Å². The molecule has 2 amide bonds. The van der Waals surface area contributed by atoms with Gasteiger partial charge in [0.1, 0.15) is 6.04 Å². The summed E-state index contributed by atoms with van der Waals surface area (Å²) < 4.78 is 0. The van der Waals surface area contributed by atoms with Gasteiger partial charge in [-0.25, -0.2) is 0 Å². The van der Waals surface area contributed by atoms with E-state index in [-0.39, 0.29) is 17.7 Å². The average Bonchev–Trinajstić information content (AvgIpc) is 3.06. The fourth-order valence-electron chi connectivity index (χ4n) is 3.16. The van der Waals surface area contributed by atoms with E-state index < -0.39 is 6.04 Å². The van der Waals surface area contributed by atoms with Crippen LogP contribution in [0.15, 0.2) is 17.5 Å². The summed E-state index contributed by atoms with van der Waals surface area (Å²) in [6.45, 7) is 6.23. The minimum atomic E-state index is -0.464. The van der Waals surface area contributed by atoms with E-state index in [2.05, 4.69) is 12.2 Å². The molecule has 1 fully saturated rings. The number of carbonyl (C=O) groups excluding carboxylic acids is 2. The third-order valence-corrected chi connectivity index (χ3v) is 5.71. The van der Waals surface area contributed by atoms with Gasteiger partial charge < -0.3 is 10.2 Å². The van der Waals surface area contributed by atoms with Crippen LogP contribution in [0.5, 0.6) is 0 Å². The van der Waals surface area contributed by atoms with Gasteiger partial charge in [0.05, 0.1) is 4.88 Å². The Bertz CT molecular complexity index is 519. The summed E-state index contributed by atoms with van der Waals surface area (Å²) in [5.74, 6) is 0.702. The van der Waals surface area contributed by atoms with Crippen LogP contribution in [0.2, 0.25) is 0 Å². The molecule has 1 aromatic heterocycles. The SMILES string of the molecule is CC1CCC(N(C)C(=O)C(NC(=O)c2cccs2)C(C)C)CC1. The Labute approximate surface area is 143 Å². The first-order chi connectivity index (χ1) is 10.9. The van der Waals surface area contributed by atoms with Gasteiger partial charge in [0.2, 0.25) is 5.91 Å². The molecule has 0 aromatic carbocycles. The second kappa shape index (κ2) is 7.95. The zero-order valence-electron chi connectivity index (χ0n) is 14.5. The van der Waals surface area contributed by atoms with Crippen molar-refractivity contribution in [1.82, 2.24) is 10.2 Å². The number of amides is 2. The van der Waals surface area contributed by atoms with Gasteiger partial charge in [0.15, 0.2) is 0 Å². The zero-order valence-corrected chi connectivity index (χ0v) is 15.4. The molecule has 1 atom stereocenters. The van der Waals surface area contributed by atoms with Gasteiger partial charge in [0.25, 0.3) is 5.91 Å². The lowest BCUT2D eigenvalue weighted by Gasteiger charge is -2.36. The largest absolute Gasteiger partial charge is 0.341 e. The number of nitrogens with one attached hydrogen (secondary N) is 1. The maximum absolute atomic E-state index is 12.9. The van der Waals surface area contributed by atoms with E-state index in [9.17, 15) is 9.59 Å². The topological polar surface area (TPSA) is 49.4 Å². The average molecular weight is 337 g/mol. The molecule has 1 heterocycles. The van der Waals surface area contributed by atoms with E-state index in [4.69, 9.17) is 0 Å². The Morgan fingerprint density at radius 1 is 1.26 bits per heavy atom. The molecular weight excluding hydrogens is 308 g/mol. The Hall–Kier alpha value is -1.36. The van der Waals surface area contributed by atoms with Crippen molar-refractivity contribution in [3.05, 3.63) is 22.4 Å². The number of likely N-dealkylation sites (N-methyl/N-ethyl adjacent to an activating group) is 1. The highest BCUT2D eigenvalue weighted by atomic mass is 32.1. The third kappa shape index (κ3) is 4.56. The standard InChI is InChI=1S/C18H28N2O2S/c1-12(2)16(19-17(21)15-6-5-11-23-15)18(22)20(4)14-9-7-13(3)8-10-14/h5-6,11-14,16H,7-10H2,1-4H3,(H,19,21). The van der Waals surface area contributed by atoms with Crippen molar-refractivity contribution in [3.63, 3.8) is 0 Å². The Kier molecular flexibility index (Phi) is 6.22. The van der Waals surface area contributed by atoms with Crippen LogP contribution in [0, 0.1) is 11.8 Å². The molecule has 128 valence electrons. The maximum atomic E-state index is 12.9. The molecule has 1 N–H and O–H groups in total. The number of carbonyl (C=O) groups is 2. The van der Waals surface area contributed by atoms with E-state index in [0.29, 0.717) is 10.9 Å². The monoisotopic (exact) mass is 336 g/mol. The summed E-state index contributed by atoms with van der Waals surface area (Å²) in [6, 6.07) is 3.47. The molecule has 2 rings (SSSR count). The predicted molar refractivity (Wildman–Crippen MR) is 94.6 cm³/mol. The number of hydrogen-bond donors (Lipinski definition) is 1. The van der Waals surface area contributed by atoms with Crippen LogP contribution in [-0.2, 0) is 4.79 Å². The number of rotatable bonds is 5. The number of nitrogens with zero attached hydrogens (tertiary/aromatic N) is 1. The molecule has 1 unspecified atom stereocenters. The molecule has 5 heteroatoms. The van der Waals surface area contributed by atoms with Crippen molar-refractivity contribution >= 4 is 23.2 Å². The predicted octanol–water partition coefficient (Wildman–Crippen LogP) is 3.54. The van der Waals surface area contributed by atoms with E-state index in [1.165, 1.54) is 24.2 Å². The van der Waals surface area contributed by atoms with Gasteiger partial charge in [-0.05, 0) is 49.0 Å². The van der Waals surface area contributed by atoms with E-state index >= 15 is 0 Å². The minimum absolute atomic E-state index is 0.0319. The summed E-state index contributed by atoms with van der Waals surface area (Å²) in [5.41, 5.74) is 0. The number of thiophene rings is 1. The Morgan fingerprint density at radius 2 is 1.91 bits per heavy atom. The molecule has 0 spiro atoms. The first-order valence-electron chi connectivity index (χ1n) is 8.51. The van der Waals surface area contributed by atoms with E-state index in [1.54, 1.807) is 6.07 Å². The summed E-state index contributed by atoms with van der Waals surface area (Å²) in [7, 11) is 1.88. The van der Waals surface area contributed by atoms with Crippen LogP contribution in [0.3, 0.4) is 0 Å². The second-order valence-electron chi connectivity index (χ2n) is 7.04. The maximum Gasteiger partial charge on any atom is 0.262 e.